The van der Waals surface area contributed by atoms with Crippen LogP contribution in [-0.2, 0) is 32.2 Å². The first-order valence-corrected chi connectivity index (χ1v) is 20.8. The van der Waals surface area contributed by atoms with E-state index in [-0.39, 0.29) is 24.8 Å². The molecule has 0 bridgehead atoms. The number of hydrogen-bond donors (Lipinski definition) is 0. The predicted octanol–water partition coefficient (Wildman–Crippen LogP) is 4.77. The number of hydrogen-bond acceptors (Lipinski definition) is 6. The standard InChI is InChI=1S/C26H45BFN3O5Si2/c1-25(2)26(3,4)36-27(35-25)20-11-12-21(22(28)17-20)23-29-31(19-34-14-16-38(8,9)10)24(32)30(23)18-33-13-15-37(5,6)7/h11-12,17H,13-16,18-19H2,1-10H3. The lowest BCUT2D eigenvalue weighted by Crippen LogP contribution is -2.41. The maximum atomic E-state index is 15.5. The van der Waals surface area contributed by atoms with Crippen LogP contribution in [0.1, 0.15) is 27.7 Å². The van der Waals surface area contributed by atoms with E-state index in [1.165, 1.54) is 15.3 Å². The van der Waals surface area contributed by atoms with Gasteiger partial charge in [0.2, 0.25) is 0 Å². The van der Waals surface area contributed by atoms with Gasteiger partial charge in [-0.05, 0) is 57.4 Å². The van der Waals surface area contributed by atoms with Crippen molar-refractivity contribution in [3.63, 3.8) is 0 Å². The molecule has 0 N–H and O–H groups in total. The van der Waals surface area contributed by atoms with Crippen LogP contribution in [0.2, 0.25) is 51.4 Å². The molecule has 0 radical (unpaired) electrons. The van der Waals surface area contributed by atoms with Crippen LogP contribution in [-0.4, -0.2) is 62.0 Å². The number of nitrogens with zero attached hydrogens (tertiary/aromatic N) is 3. The molecule has 1 aliphatic heterocycles. The predicted molar refractivity (Wildman–Crippen MR) is 156 cm³/mol. The molecule has 2 aromatic rings. The van der Waals surface area contributed by atoms with Gasteiger partial charge in [-0.3, -0.25) is 4.57 Å². The smallest absolute Gasteiger partial charge is 0.399 e. The number of ether oxygens (including phenoxy) is 2. The summed E-state index contributed by atoms with van der Waals surface area (Å²) in [4.78, 5) is 13.2. The zero-order chi connectivity index (χ0) is 28.5. The van der Waals surface area contributed by atoms with Crippen LogP contribution >= 0.6 is 0 Å². The zero-order valence-electron chi connectivity index (χ0n) is 24.8. The summed E-state index contributed by atoms with van der Waals surface area (Å²) in [7, 11) is -3.26. The first-order chi connectivity index (χ1) is 17.4. The molecule has 1 aliphatic rings. The van der Waals surface area contributed by atoms with Gasteiger partial charge in [0.15, 0.2) is 5.82 Å². The minimum Gasteiger partial charge on any atom is -0.399 e. The van der Waals surface area contributed by atoms with Crippen LogP contribution in [0.15, 0.2) is 23.0 Å². The quantitative estimate of drug-likeness (QED) is 0.273. The van der Waals surface area contributed by atoms with Crippen LogP contribution in [0.4, 0.5) is 4.39 Å². The molecule has 212 valence electrons. The number of halogens is 1. The molecule has 0 spiro atoms. The van der Waals surface area contributed by atoms with Crippen molar-refractivity contribution >= 4 is 28.7 Å². The molecule has 1 saturated heterocycles. The number of aromatic nitrogens is 3. The molecule has 2 heterocycles. The summed E-state index contributed by atoms with van der Waals surface area (Å²) in [6.45, 7) is 22.5. The lowest BCUT2D eigenvalue weighted by molar-refractivity contribution is 0.00578. The van der Waals surface area contributed by atoms with Crippen molar-refractivity contribution in [2.75, 3.05) is 13.2 Å². The van der Waals surface area contributed by atoms with Gasteiger partial charge in [-0.1, -0.05) is 45.3 Å². The molecule has 12 heteroatoms. The van der Waals surface area contributed by atoms with Gasteiger partial charge in [-0.25, -0.2) is 9.18 Å². The highest BCUT2D eigenvalue weighted by Crippen LogP contribution is 2.36. The van der Waals surface area contributed by atoms with Crippen molar-refractivity contribution in [2.24, 2.45) is 0 Å². The van der Waals surface area contributed by atoms with Gasteiger partial charge in [0, 0.05) is 29.4 Å². The average molecular weight is 566 g/mol. The Bertz CT molecular complexity index is 1160. The maximum Gasteiger partial charge on any atom is 0.494 e. The lowest BCUT2D eigenvalue weighted by atomic mass is 9.78. The van der Waals surface area contributed by atoms with Crippen molar-refractivity contribution in [2.45, 2.75) is 104 Å². The van der Waals surface area contributed by atoms with Gasteiger partial charge in [0.1, 0.15) is 19.3 Å². The lowest BCUT2D eigenvalue weighted by Gasteiger charge is -2.32. The molecule has 3 rings (SSSR count). The third-order valence-corrected chi connectivity index (χ3v) is 10.5. The Morgan fingerprint density at radius 1 is 0.921 bits per heavy atom. The summed E-state index contributed by atoms with van der Waals surface area (Å²) in [5.41, 5.74) is -0.685. The van der Waals surface area contributed by atoms with E-state index in [9.17, 15) is 4.79 Å². The first kappa shape index (κ1) is 31.0. The van der Waals surface area contributed by atoms with Crippen molar-refractivity contribution in [1.29, 1.82) is 0 Å². The van der Waals surface area contributed by atoms with Crippen molar-refractivity contribution in [3.8, 4) is 11.4 Å². The Morgan fingerprint density at radius 3 is 1.95 bits per heavy atom. The SMILES string of the molecule is CC1(C)OB(c2ccc(-c3nn(COCC[Si](C)(C)C)c(=O)n3COCC[Si](C)(C)C)c(F)c2)OC1(C)C. The molecule has 0 aliphatic carbocycles. The van der Waals surface area contributed by atoms with Gasteiger partial charge < -0.3 is 18.8 Å². The van der Waals surface area contributed by atoms with E-state index < -0.39 is 46.0 Å². The Morgan fingerprint density at radius 2 is 1.45 bits per heavy atom. The number of benzene rings is 1. The second-order valence-electron chi connectivity index (χ2n) is 13.6. The van der Waals surface area contributed by atoms with Gasteiger partial charge in [0.25, 0.3) is 0 Å². The fourth-order valence-corrected chi connectivity index (χ4v) is 5.26. The van der Waals surface area contributed by atoms with Crippen molar-refractivity contribution in [3.05, 3.63) is 34.5 Å². The highest BCUT2D eigenvalue weighted by atomic mass is 28.3. The van der Waals surface area contributed by atoms with Crippen LogP contribution in [0.3, 0.4) is 0 Å². The van der Waals surface area contributed by atoms with Gasteiger partial charge in [-0.15, -0.1) is 5.10 Å². The fraction of sp³-hybridized carbons (Fsp3) is 0.692. The summed E-state index contributed by atoms with van der Waals surface area (Å²) in [6.07, 6.45) is 0. The van der Waals surface area contributed by atoms with E-state index >= 15 is 4.39 Å². The molecule has 0 unspecified atom stereocenters. The summed E-state index contributed by atoms with van der Waals surface area (Å²) in [5, 5.41) is 4.46. The molecule has 38 heavy (non-hydrogen) atoms. The Balaban J connectivity index is 1.86. The minimum atomic E-state index is -1.30. The third kappa shape index (κ3) is 7.76. The van der Waals surface area contributed by atoms with Crippen LogP contribution in [0.5, 0.6) is 0 Å². The van der Waals surface area contributed by atoms with Gasteiger partial charge in [0.05, 0.1) is 16.8 Å². The highest BCUT2D eigenvalue weighted by molar-refractivity contribution is 6.76. The second-order valence-corrected chi connectivity index (χ2v) is 24.8. The first-order valence-electron chi connectivity index (χ1n) is 13.4. The molecular formula is C26H45BFN3O5Si2. The normalized spacial score (nSPS) is 17.4. The van der Waals surface area contributed by atoms with Gasteiger partial charge in [-0.2, -0.15) is 4.68 Å². The molecule has 0 saturated carbocycles. The average Bonchev–Trinajstić information content (AvgIpc) is 3.18. The fourth-order valence-electron chi connectivity index (χ4n) is 3.74. The van der Waals surface area contributed by atoms with Crippen LogP contribution < -0.4 is 11.2 Å². The number of rotatable bonds is 12. The Hall–Kier alpha value is -1.57. The largest absolute Gasteiger partial charge is 0.494 e. The Kier molecular flexibility index (Phi) is 9.37. The topological polar surface area (TPSA) is 76.7 Å². The minimum absolute atomic E-state index is 0.00579. The van der Waals surface area contributed by atoms with Gasteiger partial charge >= 0.3 is 12.8 Å². The van der Waals surface area contributed by atoms with E-state index in [1.54, 1.807) is 12.1 Å². The molecule has 8 nitrogen and oxygen atoms in total. The van der Waals surface area contributed by atoms with Crippen LogP contribution in [0.25, 0.3) is 11.4 Å². The van der Waals surface area contributed by atoms with E-state index in [0.29, 0.717) is 18.7 Å². The molecule has 1 aromatic heterocycles. The van der Waals surface area contributed by atoms with Crippen molar-refractivity contribution in [1.82, 2.24) is 14.3 Å². The van der Waals surface area contributed by atoms with E-state index in [0.717, 1.165) is 12.1 Å². The molecule has 0 amide bonds. The summed E-state index contributed by atoms with van der Waals surface area (Å²) < 4.78 is 41.9. The zero-order valence-corrected chi connectivity index (χ0v) is 26.8. The molecular weight excluding hydrogens is 520 g/mol. The molecule has 0 atom stereocenters. The highest BCUT2D eigenvalue weighted by Gasteiger charge is 2.51. The Labute approximate surface area is 229 Å². The molecule has 1 aromatic carbocycles. The molecule has 1 fully saturated rings. The van der Waals surface area contributed by atoms with E-state index in [1.807, 2.05) is 27.7 Å². The van der Waals surface area contributed by atoms with Crippen LogP contribution in [0, 0.1) is 5.82 Å². The van der Waals surface area contributed by atoms with E-state index in [4.69, 9.17) is 18.8 Å². The third-order valence-electron chi connectivity index (χ3n) is 7.11. The summed E-state index contributed by atoms with van der Waals surface area (Å²) in [5.74, 6) is -0.313. The maximum absolute atomic E-state index is 15.5. The van der Waals surface area contributed by atoms with E-state index in [2.05, 4.69) is 44.4 Å². The second kappa shape index (κ2) is 11.5. The monoisotopic (exact) mass is 565 g/mol. The van der Waals surface area contributed by atoms with Crippen molar-refractivity contribution < 1.29 is 23.2 Å². The summed E-state index contributed by atoms with van der Waals surface area (Å²) in [6, 6.07) is 6.70. The summed E-state index contributed by atoms with van der Waals surface area (Å²) >= 11 is 0.